The number of halogens is 3. The number of hydrogen-bond acceptors (Lipinski definition) is 13. The zero-order chi connectivity index (χ0) is 55.5. The molecule has 17 nitrogen and oxygen atoms in total. The number of H-pyrrole nitrogens is 1. The summed E-state index contributed by atoms with van der Waals surface area (Å²) in [5, 5.41) is 2.59. The molecular formula is C56H74F3N7O10Si. The standard InChI is InChI=1S/C56H74F3N7O10Si/c1-32(73-4)38(28-50(68)75-6)54(69)65-30-35(31-72-3)23-48(65)49(67)24-34-12-14-36(15-13-34)45-16-17-46(66(45)37-25-41(58)52(42(59)26-37)63-19-21-77(8,9)22-20-63)39-27-43-44(29-40(39)57)61-53(60-43)47-11-10-18-64(47)55(70)51(33(2)74-5)62-56(71)76-7/h12-15,25-27,29,32-33,35,38,45-48,51H,10-11,16-24,28,30-31H2,1-9H3,(H,60,61)(H,62,71)/t32-,33-,35+,38+,45-,46-,47+,48+,51+/m1/s1. The number of carbonyl (C=O) groups is 5. The molecule has 418 valence electrons. The van der Waals surface area contributed by atoms with Crippen molar-refractivity contribution in [2.75, 3.05) is 78.1 Å². The molecule has 4 saturated heterocycles. The quantitative estimate of drug-likeness (QED) is 0.0677. The number of benzene rings is 3. The fraction of sp³-hybridized carbons (Fsp3) is 0.571. The molecule has 1 aromatic heterocycles. The Balaban J connectivity index is 1.09. The van der Waals surface area contributed by atoms with Crippen LogP contribution >= 0.6 is 0 Å². The van der Waals surface area contributed by atoms with Crippen LogP contribution in [0.5, 0.6) is 0 Å². The van der Waals surface area contributed by atoms with Gasteiger partial charge < -0.3 is 53.6 Å². The van der Waals surface area contributed by atoms with Crippen LogP contribution in [0.1, 0.15) is 93.0 Å². The molecule has 0 spiro atoms. The number of nitrogens with one attached hydrogen (secondary N) is 2. The number of esters is 1. The molecule has 3 amide bonds. The van der Waals surface area contributed by atoms with E-state index in [1.807, 2.05) is 29.2 Å². The third kappa shape index (κ3) is 12.3. The summed E-state index contributed by atoms with van der Waals surface area (Å²) >= 11 is 0. The zero-order valence-electron chi connectivity index (χ0n) is 45.7. The maximum absolute atomic E-state index is 16.9. The van der Waals surface area contributed by atoms with Gasteiger partial charge in [-0.05, 0) is 87.4 Å². The normalized spacial score (nSPS) is 23.0. The maximum Gasteiger partial charge on any atom is 0.407 e. The number of fused-ring (bicyclic) bond motifs is 1. The SMILES string of the molecule is COC[C@H]1C[C@@H](C(=O)Cc2ccc([C@H]3CC[C@H](c4cc5[nH]c([C@@H]6CCCN6C(=O)[C@@H](NC(=O)OC)[C@@H](C)OC)nc5cc4F)N3c3cc(F)c(N4CC[Si](C)(C)CC4)c(F)c3)cc2)N(C(=O)[C@@H](CC(=O)OC)[C@@H](C)OC)C1. The van der Waals surface area contributed by atoms with E-state index in [2.05, 4.69) is 23.4 Å². The number of alkyl carbamates (subject to hydrolysis) is 1. The first-order chi connectivity index (χ1) is 36.8. The second kappa shape index (κ2) is 24.3. The first kappa shape index (κ1) is 57.2. The van der Waals surface area contributed by atoms with Gasteiger partial charge in [-0.3, -0.25) is 19.2 Å². The van der Waals surface area contributed by atoms with Crippen LogP contribution in [0.15, 0.2) is 48.5 Å². The molecule has 3 aromatic carbocycles. The van der Waals surface area contributed by atoms with Gasteiger partial charge in [-0.1, -0.05) is 37.4 Å². The number of anilines is 2. The Hall–Kier alpha value is -6.03. The minimum absolute atomic E-state index is 0.00238. The molecule has 0 aliphatic carbocycles. The van der Waals surface area contributed by atoms with Crippen LogP contribution in [0, 0.1) is 29.3 Å². The Kier molecular flexibility index (Phi) is 18.1. The number of aromatic nitrogens is 2. The number of imidazole rings is 1. The highest BCUT2D eigenvalue weighted by Gasteiger charge is 2.45. The summed E-state index contributed by atoms with van der Waals surface area (Å²) in [5.41, 5.74) is 2.78. The number of nitrogens with zero attached hydrogens (tertiary/aromatic N) is 5. The lowest BCUT2D eigenvalue weighted by Crippen LogP contribution is -2.54. The van der Waals surface area contributed by atoms with Crippen molar-refractivity contribution in [1.29, 1.82) is 0 Å². The van der Waals surface area contributed by atoms with Gasteiger partial charge in [0.25, 0.3) is 0 Å². The second-order valence-corrected chi connectivity index (χ2v) is 27.3. The molecule has 4 aliphatic rings. The monoisotopic (exact) mass is 1090 g/mol. The van der Waals surface area contributed by atoms with Crippen molar-refractivity contribution in [3.8, 4) is 0 Å². The van der Waals surface area contributed by atoms with Crippen molar-refractivity contribution in [3.05, 3.63) is 88.5 Å². The van der Waals surface area contributed by atoms with Gasteiger partial charge in [0.15, 0.2) is 17.4 Å². The molecule has 5 heterocycles. The minimum Gasteiger partial charge on any atom is -0.469 e. The van der Waals surface area contributed by atoms with E-state index < -0.39 is 85.9 Å². The highest BCUT2D eigenvalue weighted by Crippen LogP contribution is 2.49. The number of amides is 3. The lowest BCUT2D eigenvalue weighted by Gasteiger charge is -2.38. The summed E-state index contributed by atoms with van der Waals surface area (Å²) in [4.78, 5) is 82.1. The summed E-state index contributed by atoms with van der Waals surface area (Å²) in [7, 11) is 5.47. The number of Topliss-reactive ketones (excluding diaryl/α,β-unsaturated/α-hetero) is 1. The average Bonchev–Trinajstić information content (AvgIpc) is 4.28. The molecule has 0 radical (unpaired) electrons. The molecular weight excluding hydrogens is 1020 g/mol. The number of aromatic amines is 1. The third-order valence-corrected chi connectivity index (χ3v) is 19.7. The van der Waals surface area contributed by atoms with Crippen LogP contribution in [0.4, 0.5) is 29.3 Å². The van der Waals surface area contributed by atoms with Gasteiger partial charge in [-0.25, -0.2) is 22.9 Å². The van der Waals surface area contributed by atoms with Crippen LogP contribution in [-0.2, 0) is 49.3 Å². The van der Waals surface area contributed by atoms with Crippen molar-refractivity contribution in [2.24, 2.45) is 11.8 Å². The molecule has 0 saturated carbocycles. The number of likely N-dealkylation sites (tertiary alicyclic amines) is 2. The zero-order valence-corrected chi connectivity index (χ0v) is 46.7. The fourth-order valence-corrected chi connectivity index (χ4v) is 13.9. The van der Waals surface area contributed by atoms with Gasteiger partial charge in [0.05, 0.1) is 88.6 Å². The van der Waals surface area contributed by atoms with Crippen LogP contribution < -0.4 is 15.1 Å². The van der Waals surface area contributed by atoms with E-state index in [9.17, 15) is 24.0 Å². The third-order valence-electron chi connectivity index (χ3n) is 16.6. The van der Waals surface area contributed by atoms with E-state index in [-0.39, 0.29) is 59.8 Å². The van der Waals surface area contributed by atoms with Crippen molar-refractivity contribution in [3.63, 3.8) is 0 Å². The maximum atomic E-state index is 16.9. The summed E-state index contributed by atoms with van der Waals surface area (Å²) in [6.07, 6.45) is 0.210. The number of ketones is 1. The Morgan fingerprint density at radius 3 is 2.10 bits per heavy atom. The van der Waals surface area contributed by atoms with E-state index in [4.69, 9.17) is 28.7 Å². The second-order valence-electron chi connectivity index (χ2n) is 22.0. The molecule has 2 N–H and O–H groups in total. The lowest BCUT2D eigenvalue weighted by atomic mass is 9.95. The number of carbonyl (C=O) groups excluding carboxylic acids is 5. The van der Waals surface area contributed by atoms with E-state index in [1.54, 1.807) is 41.7 Å². The van der Waals surface area contributed by atoms with E-state index in [0.29, 0.717) is 80.8 Å². The predicted octanol–water partition coefficient (Wildman–Crippen LogP) is 8.20. The Labute approximate surface area is 449 Å². The first-order valence-electron chi connectivity index (χ1n) is 26.7. The Morgan fingerprint density at radius 2 is 1.47 bits per heavy atom. The Morgan fingerprint density at radius 1 is 0.792 bits per heavy atom. The molecule has 4 fully saturated rings. The van der Waals surface area contributed by atoms with Crippen LogP contribution in [0.2, 0.25) is 25.2 Å². The topological polar surface area (TPSA) is 185 Å². The van der Waals surface area contributed by atoms with E-state index in [0.717, 1.165) is 17.7 Å². The Bertz CT molecular complexity index is 2770. The van der Waals surface area contributed by atoms with Crippen molar-refractivity contribution in [1.82, 2.24) is 25.1 Å². The van der Waals surface area contributed by atoms with Crippen molar-refractivity contribution < 1.29 is 60.8 Å². The highest BCUT2D eigenvalue weighted by molar-refractivity contribution is 6.77. The summed E-state index contributed by atoms with van der Waals surface area (Å²) in [5.74, 6) is -3.99. The smallest absolute Gasteiger partial charge is 0.407 e. The first-order valence-corrected chi connectivity index (χ1v) is 30.1. The van der Waals surface area contributed by atoms with Gasteiger partial charge in [0.1, 0.15) is 23.4 Å². The van der Waals surface area contributed by atoms with Gasteiger partial charge >= 0.3 is 12.1 Å². The largest absolute Gasteiger partial charge is 0.469 e. The van der Waals surface area contributed by atoms with Crippen molar-refractivity contribution >= 4 is 60.1 Å². The van der Waals surface area contributed by atoms with Gasteiger partial charge in [0, 0.05) is 77.2 Å². The van der Waals surface area contributed by atoms with Crippen LogP contribution in [0.25, 0.3) is 11.0 Å². The van der Waals surface area contributed by atoms with Gasteiger partial charge in [-0.15, -0.1) is 0 Å². The highest BCUT2D eigenvalue weighted by atomic mass is 28.3. The number of hydrogen-bond donors (Lipinski definition) is 2. The van der Waals surface area contributed by atoms with E-state index in [1.165, 1.54) is 46.6 Å². The van der Waals surface area contributed by atoms with Crippen molar-refractivity contribution in [2.45, 2.75) is 126 Å². The average molecular weight is 1090 g/mol. The minimum atomic E-state index is -1.47. The molecule has 21 heteroatoms. The van der Waals surface area contributed by atoms with E-state index >= 15 is 13.2 Å². The molecule has 77 heavy (non-hydrogen) atoms. The fourth-order valence-electron chi connectivity index (χ4n) is 11.9. The molecule has 4 aromatic rings. The van der Waals surface area contributed by atoms with Gasteiger partial charge in [-0.2, -0.15) is 0 Å². The molecule has 0 bridgehead atoms. The number of ether oxygens (including phenoxy) is 5. The van der Waals surface area contributed by atoms with Gasteiger partial charge in [0.2, 0.25) is 11.8 Å². The lowest BCUT2D eigenvalue weighted by molar-refractivity contribution is -0.152. The van der Waals surface area contributed by atoms with Crippen LogP contribution in [0.3, 0.4) is 0 Å². The number of methoxy groups -OCH3 is 5. The molecule has 0 unspecified atom stereocenters. The number of rotatable bonds is 19. The summed E-state index contributed by atoms with van der Waals surface area (Å²) in [6, 6.07) is 11.5. The van der Waals surface area contributed by atoms with Crippen LogP contribution in [-0.4, -0.2) is 150 Å². The molecule has 9 atom stereocenters. The summed E-state index contributed by atoms with van der Waals surface area (Å²) in [6.45, 7) is 10.1. The molecule has 8 rings (SSSR count). The predicted molar refractivity (Wildman–Crippen MR) is 286 cm³/mol. The molecule has 4 aliphatic heterocycles. The summed E-state index contributed by atoms with van der Waals surface area (Å²) < 4.78 is 76.1.